The summed E-state index contributed by atoms with van der Waals surface area (Å²) in [6, 6.07) is 9.82. The third-order valence-electron chi connectivity index (χ3n) is 3.76. The van der Waals surface area contributed by atoms with E-state index < -0.39 is 11.7 Å². The van der Waals surface area contributed by atoms with Gasteiger partial charge in [-0.1, -0.05) is 0 Å². The highest BCUT2D eigenvalue weighted by Crippen LogP contribution is 2.32. The molecule has 2 aromatic heterocycles. The normalized spacial score (nSPS) is 12.1. The number of oxazole rings is 1. The number of pyridine rings is 1. The lowest BCUT2D eigenvalue weighted by Crippen LogP contribution is -2.27. The van der Waals surface area contributed by atoms with Crippen molar-refractivity contribution in [3.8, 4) is 11.5 Å². The quantitative estimate of drug-likeness (QED) is 0.420. The molecule has 1 N–H and O–H groups in total. The zero-order valence-corrected chi connectivity index (χ0v) is 12.1. The average molecular weight is 331 g/mol. The van der Waals surface area contributed by atoms with Crippen LogP contribution in [0.4, 0.5) is 13.2 Å². The lowest BCUT2D eigenvalue weighted by Gasteiger charge is -2.05. The summed E-state index contributed by atoms with van der Waals surface area (Å²) < 4.78 is 44.5. The Labute approximate surface area is 133 Å². The predicted molar refractivity (Wildman–Crippen MR) is 79.3 cm³/mol. The van der Waals surface area contributed by atoms with Crippen LogP contribution in [0, 0.1) is 0 Å². The number of nitrogens with zero attached hydrogens (tertiary/aromatic N) is 2. The third-order valence-corrected chi connectivity index (χ3v) is 3.76. The molecule has 120 valence electrons. The number of benzene rings is 2. The summed E-state index contributed by atoms with van der Waals surface area (Å²) in [7, 11) is 0. The molecule has 0 spiro atoms. The van der Waals surface area contributed by atoms with Gasteiger partial charge in [0.05, 0.1) is 10.9 Å². The number of alkyl halides is 3. The molecule has 0 amide bonds. The van der Waals surface area contributed by atoms with Crippen molar-refractivity contribution in [2.24, 2.45) is 0 Å². The van der Waals surface area contributed by atoms with Crippen LogP contribution in [0.3, 0.4) is 0 Å². The fraction of sp³-hybridized carbons (Fsp3) is 0.0588. The van der Waals surface area contributed by atoms with E-state index in [0.29, 0.717) is 16.7 Å². The molecule has 0 saturated carbocycles. The summed E-state index contributed by atoms with van der Waals surface area (Å²) in [4.78, 5) is 4.39. The first-order chi connectivity index (χ1) is 11.4. The second-order valence-electron chi connectivity index (χ2n) is 5.33. The van der Waals surface area contributed by atoms with Crippen molar-refractivity contribution in [1.82, 2.24) is 4.98 Å². The van der Waals surface area contributed by atoms with E-state index in [2.05, 4.69) is 4.98 Å². The third kappa shape index (κ3) is 2.34. The van der Waals surface area contributed by atoms with Crippen molar-refractivity contribution in [2.75, 3.05) is 0 Å². The molecule has 0 radical (unpaired) electrons. The standard InChI is InChI=1S/C17H10F3N2O2/c18-17(19,20)12-4-1-10(2-5-12)16-21-15-13-7-8-22(23)9-11(13)3-6-14(15)24-16/h1-9,23H/q+1. The molecule has 4 nitrogen and oxygen atoms in total. The van der Waals surface area contributed by atoms with E-state index in [1.54, 1.807) is 18.2 Å². The Bertz CT molecular complexity index is 1050. The van der Waals surface area contributed by atoms with Gasteiger partial charge in [-0.25, -0.2) is 4.98 Å². The molecule has 24 heavy (non-hydrogen) atoms. The van der Waals surface area contributed by atoms with E-state index in [1.165, 1.54) is 24.5 Å². The molecule has 0 aliphatic heterocycles. The van der Waals surface area contributed by atoms with Gasteiger partial charge in [-0.15, -0.1) is 0 Å². The fourth-order valence-electron chi connectivity index (χ4n) is 2.58. The van der Waals surface area contributed by atoms with Crippen LogP contribution in [-0.4, -0.2) is 10.2 Å². The van der Waals surface area contributed by atoms with E-state index in [-0.39, 0.29) is 5.89 Å². The fourth-order valence-corrected chi connectivity index (χ4v) is 2.58. The second kappa shape index (κ2) is 4.95. The predicted octanol–water partition coefficient (Wildman–Crippen LogP) is 4.19. The number of halogens is 3. The van der Waals surface area contributed by atoms with Crippen LogP contribution in [-0.2, 0) is 6.18 Å². The Hall–Kier alpha value is -3.09. The van der Waals surface area contributed by atoms with Crippen molar-refractivity contribution >= 4 is 21.9 Å². The molecule has 0 aliphatic rings. The Morgan fingerprint density at radius 3 is 2.46 bits per heavy atom. The van der Waals surface area contributed by atoms with Crippen LogP contribution in [0.25, 0.3) is 33.3 Å². The van der Waals surface area contributed by atoms with E-state index >= 15 is 0 Å². The van der Waals surface area contributed by atoms with Gasteiger partial charge in [0.15, 0.2) is 5.58 Å². The van der Waals surface area contributed by atoms with Crippen LogP contribution in [0.15, 0.2) is 59.3 Å². The topological polar surface area (TPSA) is 50.1 Å². The van der Waals surface area contributed by atoms with E-state index in [9.17, 15) is 18.4 Å². The maximum absolute atomic E-state index is 12.6. The molecule has 0 bridgehead atoms. The van der Waals surface area contributed by atoms with Gasteiger partial charge in [-0.3, -0.25) is 5.21 Å². The minimum absolute atomic E-state index is 0.243. The van der Waals surface area contributed by atoms with E-state index in [4.69, 9.17) is 4.42 Å². The lowest BCUT2D eigenvalue weighted by atomic mass is 10.1. The number of fused-ring (bicyclic) bond motifs is 3. The number of rotatable bonds is 1. The Morgan fingerprint density at radius 1 is 1.00 bits per heavy atom. The summed E-state index contributed by atoms with van der Waals surface area (Å²) in [5, 5.41) is 11.0. The van der Waals surface area contributed by atoms with Gasteiger partial charge in [-0.2, -0.15) is 13.2 Å². The molecular formula is C17H10F3N2O2+. The first-order valence-corrected chi connectivity index (χ1v) is 7.03. The van der Waals surface area contributed by atoms with Crippen LogP contribution in [0.2, 0.25) is 0 Å². The lowest BCUT2D eigenvalue weighted by molar-refractivity contribution is -0.903. The highest BCUT2D eigenvalue weighted by Gasteiger charge is 2.30. The van der Waals surface area contributed by atoms with Crippen LogP contribution < -0.4 is 4.73 Å². The largest absolute Gasteiger partial charge is 0.436 e. The monoisotopic (exact) mass is 331 g/mol. The molecule has 0 saturated heterocycles. The molecule has 7 heteroatoms. The van der Waals surface area contributed by atoms with Crippen molar-refractivity contribution in [2.45, 2.75) is 6.18 Å². The van der Waals surface area contributed by atoms with Gasteiger partial charge in [-0.05, 0) is 36.4 Å². The van der Waals surface area contributed by atoms with Gasteiger partial charge < -0.3 is 4.42 Å². The molecule has 4 rings (SSSR count). The van der Waals surface area contributed by atoms with E-state index in [0.717, 1.165) is 27.6 Å². The summed E-state index contributed by atoms with van der Waals surface area (Å²) in [5.41, 5.74) is 0.844. The highest BCUT2D eigenvalue weighted by atomic mass is 19.4. The molecule has 2 heterocycles. The maximum Gasteiger partial charge on any atom is 0.416 e. The zero-order chi connectivity index (χ0) is 16.9. The minimum Gasteiger partial charge on any atom is -0.436 e. The van der Waals surface area contributed by atoms with Gasteiger partial charge in [0.1, 0.15) is 5.52 Å². The van der Waals surface area contributed by atoms with E-state index in [1.807, 2.05) is 0 Å². The zero-order valence-electron chi connectivity index (χ0n) is 12.1. The second-order valence-corrected chi connectivity index (χ2v) is 5.33. The molecule has 0 fully saturated rings. The first kappa shape index (κ1) is 14.5. The molecular weight excluding hydrogens is 321 g/mol. The van der Waals surface area contributed by atoms with Gasteiger partial charge in [0.2, 0.25) is 18.3 Å². The Balaban J connectivity index is 1.84. The Kier molecular flexibility index (Phi) is 2.99. The molecule has 0 unspecified atom stereocenters. The van der Waals surface area contributed by atoms with Crippen LogP contribution in [0.1, 0.15) is 5.56 Å². The van der Waals surface area contributed by atoms with Crippen LogP contribution in [0.5, 0.6) is 0 Å². The number of hydrogen-bond donors (Lipinski definition) is 1. The van der Waals surface area contributed by atoms with Crippen LogP contribution >= 0.6 is 0 Å². The van der Waals surface area contributed by atoms with Crippen molar-refractivity contribution in [3.63, 3.8) is 0 Å². The summed E-state index contributed by atoms with van der Waals surface area (Å²) in [6.45, 7) is 0. The number of hydrogen-bond acceptors (Lipinski definition) is 3. The van der Waals surface area contributed by atoms with Crippen molar-refractivity contribution in [3.05, 3.63) is 60.4 Å². The Morgan fingerprint density at radius 2 is 1.75 bits per heavy atom. The van der Waals surface area contributed by atoms with Gasteiger partial charge >= 0.3 is 6.18 Å². The smallest absolute Gasteiger partial charge is 0.416 e. The van der Waals surface area contributed by atoms with Crippen molar-refractivity contribution < 1.29 is 27.5 Å². The summed E-state index contributed by atoms with van der Waals surface area (Å²) in [6.07, 6.45) is -1.38. The molecule has 2 aromatic carbocycles. The highest BCUT2D eigenvalue weighted by molar-refractivity contribution is 6.03. The maximum atomic E-state index is 12.6. The van der Waals surface area contributed by atoms with Crippen molar-refractivity contribution in [1.29, 1.82) is 0 Å². The average Bonchev–Trinajstić information content (AvgIpc) is 2.98. The molecule has 4 aromatic rings. The summed E-state index contributed by atoms with van der Waals surface area (Å²) in [5.74, 6) is 0.243. The molecule has 0 aliphatic carbocycles. The van der Waals surface area contributed by atoms with Gasteiger partial charge in [0, 0.05) is 21.7 Å². The first-order valence-electron chi connectivity index (χ1n) is 7.03. The van der Waals surface area contributed by atoms with Gasteiger partial charge in [0.25, 0.3) is 0 Å². The summed E-state index contributed by atoms with van der Waals surface area (Å²) >= 11 is 0. The number of aromatic nitrogens is 2. The SMILES string of the molecule is O[n+]1ccc2c(ccc3oc(-c4ccc(C(F)(F)F)cc4)nc32)c1. The minimum atomic E-state index is -4.38. The molecule has 0 atom stereocenters.